The lowest BCUT2D eigenvalue weighted by atomic mass is 10.3. The molecule has 1 heterocycles. The molecule has 4 nitrogen and oxygen atoms in total. The number of amides is 1. The van der Waals surface area contributed by atoms with Crippen LogP contribution in [0.5, 0.6) is 0 Å². The van der Waals surface area contributed by atoms with Crippen LogP contribution in [-0.4, -0.2) is 22.0 Å². The first kappa shape index (κ1) is 12.4. The van der Waals surface area contributed by atoms with Crippen molar-refractivity contribution in [1.29, 1.82) is 0 Å². The van der Waals surface area contributed by atoms with Gasteiger partial charge >= 0.3 is 0 Å². The lowest BCUT2D eigenvalue weighted by molar-refractivity contribution is -0.121. The number of rotatable bonds is 6. The molecular weight excluding hydrogens is 226 g/mol. The molecule has 18 heavy (non-hydrogen) atoms. The van der Waals surface area contributed by atoms with Gasteiger partial charge in [0.25, 0.3) is 0 Å². The van der Waals surface area contributed by atoms with E-state index >= 15 is 0 Å². The van der Waals surface area contributed by atoms with Crippen molar-refractivity contribution in [1.82, 2.24) is 14.9 Å². The number of nitrogens with zero attached hydrogens (tertiary/aromatic N) is 2. The van der Waals surface area contributed by atoms with Crippen LogP contribution < -0.4 is 5.32 Å². The standard InChI is InChI=1S/C14H17N3O/c1-2-3-9-15-14(18)8-10-17-11-16-12-6-4-5-7-13(12)17/h2,4-7,11H,1,3,8-10H2,(H,15,18). The predicted molar refractivity (Wildman–Crippen MR) is 72.2 cm³/mol. The normalized spacial score (nSPS) is 10.4. The van der Waals surface area contributed by atoms with Gasteiger partial charge in [-0.1, -0.05) is 18.2 Å². The summed E-state index contributed by atoms with van der Waals surface area (Å²) in [5, 5.41) is 2.85. The molecule has 0 fully saturated rings. The fourth-order valence-corrected chi connectivity index (χ4v) is 1.81. The van der Waals surface area contributed by atoms with Crippen molar-refractivity contribution in [3.05, 3.63) is 43.2 Å². The average molecular weight is 243 g/mol. The maximum Gasteiger partial charge on any atom is 0.221 e. The second-order valence-electron chi connectivity index (χ2n) is 4.10. The topological polar surface area (TPSA) is 46.9 Å². The predicted octanol–water partition coefficient (Wildman–Crippen LogP) is 2.12. The summed E-state index contributed by atoms with van der Waals surface area (Å²) in [6.07, 6.45) is 4.85. The van der Waals surface area contributed by atoms with E-state index in [1.54, 1.807) is 12.4 Å². The van der Waals surface area contributed by atoms with Gasteiger partial charge in [0.2, 0.25) is 5.91 Å². The number of benzene rings is 1. The molecule has 0 bridgehead atoms. The highest BCUT2D eigenvalue weighted by atomic mass is 16.1. The fourth-order valence-electron chi connectivity index (χ4n) is 1.81. The van der Waals surface area contributed by atoms with Gasteiger partial charge in [-0.15, -0.1) is 6.58 Å². The van der Waals surface area contributed by atoms with Crippen LogP contribution in [0.4, 0.5) is 0 Å². The number of nitrogens with one attached hydrogen (secondary N) is 1. The molecule has 0 aliphatic carbocycles. The Labute approximate surface area is 106 Å². The molecule has 0 unspecified atom stereocenters. The zero-order valence-corrected chi connectivity index (χ0v) is 10.3. The Hall–Kier alpha value is -2.10. The lowest BCUT2D eigenvalue weighted by Gasteiger charge is -2.05. The second-order valence-corrected chi connectivity index (χ2v) is 4.10. The van der Waals surface area contributed by atoms with Crippen LogP contribution in [-0.2, 0) is 11.3 Å². The summed E-state index contributed by atoms with van der Waals surface area (Å²) < 4.78 is 2.00. The van der Waals surface area contributed by atoms with Crippen LogP contribution in [0.25, 0.3) is 11.0 Å². The van der Waals surface area contributed by atoms with Crippen LogP contribution >= 0.6 is 0 Å². The minimum atomic E-state index is 0.0645. The molecule has 1 aromatic carbocycles. The van der Waals surface area contributed by atoms with Crippen molar-refractivity contribution in [2.45, 2.75) is 19.4 Å². The lowest BCUT2D eigenvalue weighted by Crippen LogP contribution is -2.25. The van der Waals surface area contributed by atoms with Crippen LogP contribution in [0.2, 0.25) is 0 Å². The molecule has 2 aromatic rings. The monoisotopic (exact) mass is 243 g/mol. The van der Waals surface area contributed by atoms with Gasteiger partial charge in [0.1, 0.15) is 0 Å². The first-order valence-corrected chi connectivity index (χ1v) is 6.08. The zero-order valence-electron chi connectivity index (χ0n) is 10.3. The number of carbonyl (C=O) groups excluding carboxylic acids is 1. The fraction of sp³-hybridized carbons (Fsp3) is 0.286. The second kappa shape index (κ2) is 6.00. The molecule has 0 atom stereocenters. The number of aryl methyl sites for hydroxylation is 1. The van der Waals surface area contributed by atoms with E-state index in [1.807, 2.05) is 28.8 Å². The van der Waals surface area contributed by atoms with Gasteiger partial charge in [-0.25, -0.2) is 4.98 Å². The first-order valence-electron chi connectivity index (χ1n) is 6.08. The minimum absolute atomic E-state index is 0.0645. The Kier molecular flexibility index (Phi) is 4.12. The van der Waals surface area contributed by atoms with E-state index in [1.165, 1.54) is 0 Å². The van der Waals surface area contributed by atoms with E-state index in [0.29, 0.717) is 19.5 Å². The molecule has 0 spiro atoms. The summed E-state index contributed by atoms with van der Waals surface area (Å²) in [6, 6.07) is 7.92. The van der Waals surface area contributed by atoms with Crippen molar-refractivity contribution in [3.8, 4) is 0 Å². The van der Waals surface area contributed by atoms with E-state index in [4.69, 9.17) is 0 Å². The SMILES string of the molecule is C=CCCNC(=O)CCn1cnc2ccccc21. The van der Waals surface area contributed by atoms with Gasteiger partial charge in [0.05, 0.1) is 17.4 Å². The summed E-state index contributed by atoms with van der Waals surface area (Å²) in [5.74, 6) is 0.0645. The molecule has 94 valence electrons. The number of imidazole rings is 1. The van der Waals surface area contributed by atoms with Crippen molar-refractivity contribution in [2.75, 3.05) is 6.54 Å². The minimum Gasteiger partial charge on any atom is -0.356 e. The number of para-hydroxylation sites is 2. The van der Waals surface area contributed by atoms with Crippen LogP contribution in [0.15, 0.2) is 43.2 Å². The van der Waals surface area contributed by atoms with E-state index < -0.39 is 0 Å². The van der Waals surface area contributed by atoms with E-state index in [2.05, 4.69) is 16.9 Å². The summed E-state index contributed by atoms with van der Waals surface area (Å²) >= 11 is 0. The maximum absolute atomic E-state index is 11.6. The zero-order chi connectivity index (χ0) is 12.8. The molecule has 2 rings (SSSR count). The number of hydrogen-bond acceptors (Lipinski definition) is 2. The molecule has 0 saturated carbocycles. The Morgan fingerprint density at radius 1 is 1.44 bits per heavy atom. The van der Waals surface area contributed by atoms with Crippen LogP contribution in [0.3, 0.4) is 0 Å². The quantitative estimate of drug-likeness (QED) is 0.624. The number of fused-ring (bicyclic) bond motifs is 1. The van der Waals surface area contributed by atoms with Gasteiger partial charge in [-0.05, 0) is 18.6 Å². The number of aromatic nitrogens is 2. The summed E-state index contributed by atoms with van der Waals surface area (Å²) in [6.45, 7) is 4.93. The highest BCUT2D eigenvalue weighted by molar-refractivity contribution is 5.77. The van der Waals surface area contributed by atoms with Gasteiger partial charge in [-0.3, -0.25) is 4.79 Å². The smallest absolute Gasteiger partial charge is 0.221 e. The molecule has 0 aliphatic heterocycles. The summed E-state index contributed by atoms with van der Waals surface area (Å²) in [5.41, 5.74) is 2.03. The summed E-state index contributed by atoms with van der Waals surface area (Å²) in [4.78, 5) is 15.9. The Balaban J connectivity index is 1.90. The van der Waals surface area contributed by atoms with Gasteiger partial charge in [0.15, 0.2) is 0 Å². The molecule has 1 aromatic heterocycles. The van der Waals surface area contributed by atoms with Crippen LogP contribution in [0, 0.1) is 0 Å². The van der Waals surface area contributed by atoms with Gasteiger partial charge in [0, 0.05) is 19.5 Å². The van der Waals surface area contributed by atoms with Crippen molar-refractivity contribution < 1.29 is 4.79 Å². The maximum atomic E-state index is 11.6. The molecule has 0 aliphatic rings. The Morgan fingerprint density at radius 2 is 2.28 bits per heavy atom. The average Bonchev–Trinajstić information content (AvgIpc) is 2.80. The molecular formula is C14H17N3O. The third-order valence-electron chi connectivity index (χ3n) is 2.78. The third kappa shape index (κ3) is 2.97. The number of hydrogen-bond donors (Lipinski definition) is 1. The molecule has 4 heteroatoms. The van der Waals surface area contributed by atoms with Crippen molar-refractivity contribution in [2.24, 2.45) is 0 Å². The van der Waals surface area contributed by atoms with E-state index in [9.17, 15) is 4.79 Å². The highest BCUT2D eigenvalue weighted by Crippen LogP contribution is 2.11. The van der Waals surface area contributed by atoms with E-state index in [0.717, 1.165) is 17.5 Å². The van der Waals surface area contributed by atoms with Crippen molar-refractivity contribution >= 4 is 16.9 Å². The molecule has 1 N–H and O–H groups in total. The molecule has 0 saturated heterocycles. The van der Waals surface area contributed by atoms with E-state index in [-0.39, 0.29) is 5.91 Å². The van der Waals surface area contributed by atoms with Gasteiger partial charge < -0.3 is 9.88 Å². The van der Waals surface area contributed by atoms with Gasteiger partial charge in [-0.2, -0.15) is 0 Å². The van der Waals surface area contributed by atoms with Crippen molar-refractivity contribution in [3.63, 3.8) is 0 Å². The third-order valence-corrected chi connectivity index (χ3v) is 2.78. The molecule has 0 radical (unpaired) electrons. The number of carbonyl (C=O) groups is 1. The largest absolute Gasteiger partial charge is 0.356 e. The highest BCUT2D eigenvalue weighted by Gasteiger charge is 2.04. The summed E-state index contributed by atoms with van der Waals surface area (Å²) in [7, 11) is 0. The first-order chi connectivity index (χ1) is 8.81. The molecule has 1 amide bonds. The van der Waals surface area contributed by atoms with Crippen LogP contribution in [0.1, 0.15) is 12.8 Å². The Morgan fingerprint density at radius 3 is 3.11 bits per heavy atom. The Bertz CT molecular complexity index is 545.